The summed E-state index contributed by atoms with van der Waals surface area (Å²) >= 11 is 6.04. The standard InChI is InChI=1S/C16H16ClN3O/c1-3-8-18-12-7-9-19-15(10-12)16(21)20-14-6-4-5-13(17)11(14)2/h3-7,9-10H,1,8H2,2H3,(H,18,19)(H,20,21). The average molecular weight is 302 g/mol. The number of nitrogens with zero attached hydrogens (tertiary/aromatic N) is 1. The van der Waals surface area contributed by atoms with Crippen LogP contribution in [0.25, 0.3) is 0 Å². The molecule has 0 saturated carbocycles. The molecule has 1 heterocycles. The van der Waals surface area contributed by atoms with Crippen molar-refractivity contribution >= 4 is 28.9 Å². The highest BCUT2D eigenvalue weighted by Gasteiger charge is 2.10. The molecule has 0 radical (unpaired) electrons. The summed E-state index contributed by atoms with van der Waals surface area (Å²) in [6, 6.07) is 8.87. The quantitative estimate of drug-likeness (QED) is 0.824. The van der Waals surface area contributed by atoms with Gasteiger partial charge in [0.2, 0.25) is 0 Å². The molecule has 4 nitrogen and oxygen atoms in total. The molecule has 0 aliphatic heterocycles. The molecular weight excluding hydrogens is 286 g/mol. The van der Waals surface area contributed by atoms with Crippen LogP contribution in [0.4, 0.5) is 11.4 Å². The molecule has 0 saturated heterocycles. The third-order valence-electron chi connectivity index (χ3n) is 2.96. The first kappa shape index (κ1) is 15.1. The van der Waals surface area contributed by atoms with E-state index in [-0.39, 0.29) is 5.91 Å². The number of hydrogen-bond donors (Lipinski definition) is 2. The molecule has 1 aromatic heterocycles. The predicted molar refractivity (Wildman–Crippen MR) is 87.1 cm³/mol. The Morgan fingerprint density at radius 3 is 3.00 bits per heavy atom. The number of nitrogens with one attached hydrogen (secondary N) is 2. The van der Waals surface area contributed by atoms with Crippen LogP contribution in [-0.4, -0.2) is 17.4 Å². The molecule has 2 aromatic rings. The van der Waals surface area contributed by atoms with Gasteiger partial charge in [0, 0.05) is 29.1 Å². The van der Waals surface area contributed by atoms with Crippen molar-refractivity contribution in [1.29, 1.82) is 0 Å². The fourth-order valence-corrected chi connectivity index (χ4v) is 1.96. The molecule has 5 heteroatoms. The lowest BCUT2D eigenvalue weighted by molar-refractivity contribution is 0.102. The van der Waals surface area contributed by atoms with E-state index in [1.165, 1.54) is 0 Å². The second-order valence-electron chi connectivity index (χ2n) is 4.47. The number of benzene rings is 1. The van der Waals surface area contributed by atoms with Crippen LogP contribution in [0.15, 0.2) is 49.2 Å². The topological polar surface area (TPSA) is 54.0 Å². The summed E-state index contributed by atoms with van der Waals surface area (Å²) in [4.78, 5) is 16.3. The molecule has 108 valence electrons. The van der Waals surface area contributed by atoms with Crippen molar-refractivity contribution < 1.29 is 4.79 Å². The second-order valence-corrected chi connectivity index (χ2v) is 4.87. The number of anilines is 2. The molecule has 21 heavy (non-hydrogen) atoms. The lowest BCUT2D eigenvalue weighted by Crippen LogP contribution is -2.15. The van der Waals surface area contributed by atoms with Gasteiger partial charge in [0.25, 0.3) is 5.91 Å². The summed E-state index contributed by atoms with van der Waals surface area (Å²) in [6.45, 7) is 6.12. The molecule has 1 aromatic carbocycles. The normalized spacial score (nSPS) is 10.0. The highest BCUT2D eigenvalue weighted by molar-refractivity contribution is 6.31. The van der Waals surface area contributed by atoms with Gasteiger partial charge < -0.3 is 10.6 Å². The fraction of sp³-hybridized carbons (Fsp3) is 0.125. The molecule has 2 N–H and O–H groups in total. The van der Waals surface area contributed by atoms with Crippen LogP contribution in [0.5, 0.6) is 0 Å². The second kappa shape index (κ2) is 6.90. The Labute approximate surface area is 128 Å². The van der Waals surface area contributed by atoms with Crippen LogP contribution in [0.2, 0.25) is 5.02 Å². The number of aromatic nitrogens is 1. The van der Waals surface area contributed by atoms with E-state index in [0.29, 0.717) is 22.9 Å². The molecule has 0 aliphatic carbocycles. The molecule has 0 atom stereocenters. The van der Waals surface area contributed by atoms with E-state index in [0.717, 1.165) is 11.3 Å². The minimum Gasteiger partial charge on any atom is -0.381 e. The Balaban J connectivity index is 2.16. The Morgan fingerprint density at radius 2 is 2.24 bits per heavy atom. The van der Waals surface area contributed by atoms with E-state index >= 15 is 0 Å². The number of halogens is 1. The minimum atomic E-state index is -0.275. The number of pyridine rings is 1. The minimum absolute atomic E-state index is 0.275. The summed E-state index contributed by atoms with van der Waals surface area (Å²) in [5.74, 6) is -0.275. The summed E-state index contributed by atoms with van der Waals surface area (Å²) < 4.78 is 0. The van der Waals surface area contributed by atoms with Gasteiger partial charge in [-0.15, -0.1) is 6.58 Å². The summed E-state index contributed by atoms with van der Waals surface area (Å²) in [5.41, 5.74) is 2.66. The van der Waals surface area contributed by atoms with Gasteiger partial charge in [0.15, 0.2) is 0 Å². The smallest absolute Gasteiger partial charge is 0.274 e. The molecule has 1 amide bonds. The zero-order valence-corrected chi connectivity index (χ0v) is 12.4. The summed E-state index contributed by atoms with van der Waals surface area (Å²) in [7, 11) is 0. The van der Waals surface area contributed by atoms with Gasteiger partial charge >= 0.3 is 0 Å². The van der Waals surface area contributed by atoms with Crippen LogP contribution in [-0.2, 0) is 0 Å². The van der Waals surface area contributed by atoms with Gasteiger partial charge in [-0.25, -0.2) is 0 Å². The average Bonchev–Trinajstić information content (AvgIpc) is 2.50. The van der Waals surface area contributed by atoms with Crippen LogP contribution < -0.4 is 10.6 Å². The Hall–Kier alpha value is -2.33. The first-order valence-electron chi connectivity index (χ1n) is 6.49. The molecule has 0 aliphatic rings. The first-order valence-corrected chi connectivity index (χ1v) is 6.87. The number of carbonyl (C=O) groups is 1. The van der Waals surface area contributed by atoms with E-state index in [1.54, 1.807) is 42.6 Å². The molecular formula is C16H16ClN3O. The van der Waals surface area contributed by atoms with Crippen LogP contribution >= 0.6 is 11.6 Å². The highest BCUT2D eigenvalue weighted by atomic mass is 35.5. The van der Waals surface area contributed by atoms with Gasteiger partial charge in [-0.3, -0.25) is 9.78 Å². The van der Waals surface area contributed by atoms with E-state index in [4.69, 9.17) is 11.6 Å². The largest absolute Gasteiger partial charge is 0.381 e. The molecule has 0 bridgehead atoms. The first-order chi connectivity index (χ1) is 10.1. The van der Waals surface area contributed by atoms with Gasteiger partial charge in [0.05, 0.1) is 0 Å². The van der Waals surface area contributed by atoms with Crippen LogP contribution in [0.1, 0.15) is 16.1 Å². The third-order valence-corrected chi connectivity index (χ3v) is 3.37. The van der Waals surface area contributed by atoms with Gasteiger partial charge in [-0.2, -0.15) is 0 Å². The van der Waals surface area contributed by atoms with Gasteiger partial charge in [-0.1, -0.05) is 23.7 Å². The number of carbonyl (C=O) groups excluding carboxylic acids is 1. The maximum atomic E-state index is 12.2. The fourth-order valence-electron chi connectivity index (χ4n) is 1.78. The van der Waals surface area contributed by atoms with Crippen molar-refractivity contribution in [2.75, 3.05) is 17.2 Å². The third kappa shape index (κ3) is 3.83. The van der Waals surface area contributed by atoms with E-state index in [1.807, 2.05) is 6.92 Å². The Morgan fingerprint density at radius 1 is 1.43 bits per heavy atom. The lowest BCUT2D eigenvalue weighted by Gasteiger charge is -2.10. The number of hydrogen-bond acceptors (Lipinski definition) is 3. The maximum absolute atomic E-state index is 12.2. The van der Waals surface area contributed by atoms with E-state index in [2.05, 4.69) is 22.2 Å². The van der Waals surface area contributed by atoms with Crippen molar-refractivity contribution in [3.05, 3.63) is 65.5 Å². The molecule has 0 fully saturated rings. The number of rotatable bonds is 5. The highest BCUT2D eigenvalue weighted by Crippen LogP contribution is 2.23. The predicted octanol–water partition coefficient (Wildman–Crippen LogP) is 3.89. The lowest BCUT2D eigenvalue weighted by atomic mass is 10.2. The molecule has 0 spiro atoms. The summed E-state index contributed by atoms with van der Waals surface area (Å²) in [6.07, 6.45) is 3.33. The van der Waals surface area contributed by atoms with Crippen LogP contribution in [0, 0.1) is 6.92 Å². The van der Waals surface area contributed by atoms with Gasteiger partial charge in [0.1, 0.15) is 5.69 Å². The molecule has 2 rings (SSSR count). The van der Waals surface area contributed by atoms with E-state index < -0.39 is 0 Å². The Kier molecular flexibility index (Phi) is 4.95. The SMILES string of the molecule is C=CCNc1ccnc(C(=O)Nc2cccc(Cl)c2C)c1. The van der Waals surface area contributed by atoms with Gasteiger partial charge in [-0.05, 0) is 36.8 Å². The Bertz CT molecular complexity index is 670. The van der Waals surface area contributed by atoms with Crippen molar-refractivity contribution in [1.82, 2.24) is 4.98 Å². The van der Waals surface area contributed by atoms with Crippen LogP contribution in [0.3, 0.4) is 0 Å². The maximum Gasteiger partial charge on any atom is 0.274 e. The van der Waals surface area contributed by atoms with Crippen molar-refractivity contribution in [2.24, 2.45) is 0 Å². The monoisotopic (exact) mass is 301 g/mol. The zero-order chi connectivity index (χ0) is 15.2. The number of amides is 1. The van der Waals surface area contributed by atoms with Crippen molar-refractivity contribution in [2.45, 2.75) is 6.92 Å². The van der Waals surface area contributed by atoms with Crippen molar-refractivity contribution in [3.63, 3.8) is 0 Å². The van der Waals surface area contributed by atoms with E-state index in [9.17, 15) is 4.79 Å². The summed E-state index contributed by atoms with van der Waals surface area (Å²) in [5, 5.41) is 6.54. The molecule has 0 unspecified atom stereocenters. The zero-order valence-electron chi connectivity index (χ0n) is 11.7. The van der Waals surface area contributed by atoms with Crippen molar-refractivity contribution in [3.8, 4) is 0 Å².